The Bertz CT molecular complexity index is 221. The summed E-state index contributed by atoms with van der Waals surface area (Å²) in [6.45, 7) is 11.4. The lowest BCUT2D eigenvalue weighted by molar-refractivity contribution is 0.111. The fraction of sp³-hybridized carbons (Fsp3) is 1.00. The molecule has 0 aromatic heterocycles. The Morgan fingerprint density at radius 1 is 1.32 bits per heavy atom. The number of likely N-dealkylation sites (tertiary alicyclic amines) is 1. The lowest BCUT2D eigenvalue weighted by Gasteiger charge is -2.38. The number of unbranched alkanes of at least 4 members (excludes halogenated alkanes) is 1. The minimum absolute atomic E-state index is 0.291. The Kier molecular flexibility index (Phi) is 8.67. The van der Waals surface area contributed by atoms with E-state index in [0.29, 0.717) is 12.6 Å². The maximum absolute atomic E-state index is 9.15. The second kappa shape index (κ2) is 9.73. The van der Waals surface area contributed by atoms with Crippen LogP contribution in [0.2, 0.25) is 0 Å². The zero-order chi connectivity index (χ0) is 14.1. The first-order chi connectivity index (χ1) is 9.15. The van der Waals surface area contributed by atoms with Crippen molar-refractivity contribution in [2.75, 3.05) is 32.8 Å². The Morgan fingerprint density at radius 3 is 2.74 bits per heavy atom. The number of aliphatic hydroxyl groups is 1. The standard InChI is InChI=1S/C16H34N2O/c1-4-5-6-15-11-16(17-8-7-14(2)3)13-18(12-15)9-10-19/h14-17,19H,4-13H2,1-3H3. The monoisotopic (exact) mass is 270 g/mol. The maximum atomic E-state index is 9.15. The number of aliphatic hydroxyl groups excluding tert-OH is 1. The smallest absolute Gasteiger partial charge is 0.0558 e. The first kappa shape index (κ1) is 16.9. The van der Waals surface area contributed by atoms with Crippen molar-refractivity contribution in [1.29, 1.82) is 0 Å². The summed E-state index contributed by atoms with van der Waals surface area (Å²) in [4.78, 5) is 2.44. The van der Waals surface area contributed by atoms with E-state index in [0.717, 1.165) is 31.5 Å². The highest BCUT2D eigenvalue weighted by molar-refractivity contribution is 4.83. The second-order valence-corrected chi connectivity index (χ2v) is 6.56. The molecular formula is C16H34N2O. The molecule has 2 N–H and O–H groups in total. The zero-order valence-corrected chi connectivity index (χ0v) is 13.2. The van der Waals surface area contributed by atoms with Crippen LogP contribution in [-0.2, 0) is 0 Å². The predicted octanol–water partition coefficient (Wildman–Crippen LogP) is 2.50. The molecule has 0 aromatic rings. The van der Waals surface area contributed by atoms with Gasteiger partial charge in [-0.2, -0.15) is 0 Å². The van der Waals surface area contributed by atoms with Crippen molar-refractivity contribution >= 4 is 0 Å². The number of nitrogens with zero attached hydrogens (tertiary/aromatic N) is 1. The molecule has 0 saturated carbocycles. The largest absolute Gasteiger partial charge is 0.395 e. The van der Waals surface area contributed by atoms with Crippen LogP contribution in [0.25, 0.3) is 0 Å². The predicted molar refractivity (Wildman–Crippen MR) is 82.4 cm³/mol. The molecule has 0 aromatic carbocycles. The molecule has 0 radical (unpaired) electrons. The van der Waals surface area contributed by atoms with E-state index < -0.39 is 0 Å². The van der Waals surface area contributed by atoms with Crippen molar-refractivity contribution < 1.29 is 5.11 Å². The fourth-order valence-corrected chi connectivity index (χ4v) is 3.05. The molecule has 3 nitrogen and oxygen atoms in total. The van der Waals surface area contributed by atoms with Gasteiger partial charge in [0.25, 0.3) is 0 Å². The lowest BCUT2D eigenvalue weighted by Crippen LogP contribution is -2.50. The topological polar surface area (TPSA) is 35.5 Å². The molecule has 1 saturated heterocycles. The quantitative estimate of drug-likeness (QED) is 0.676. The van der Waals surface area contributed by atoms with Gasteiger partial charge >= 0.3 is 0 Å². The van der Waals surface area contributed by atoms with Crippen molar-refractivity contribution in [2.45, 2.75) is 58.9 Å². The molecule has 1 aliphatic rings. The summed E-state index contributed by atoms with van der Waals surface area (Å²) >= 11 is 0. The molecule has 1 heterocycles. The van der Waals surface area contributed by atoms with Crippen LogP contribution in [0.1, 0.15) is 52.9 Å². The Morgan fingerprint density at radius 2 is 2.11 bits per heavy atom. The van der Waals surface area contributed by atoms with Crippen molar-refractivity contribution in [1.82, 2.24) is 10.2 Å². The van der Waals surface area contributed by atoms with Crippen LogP contribution in [-0.4, -0.2) is 48.8 Å². The summed E-state index contributed by atoms with van der Waals surface area (Å²) in [5.41, 5.74) is 0. The van der Waals surface area contributed by atoms with Gasteiger partial charge in [-0.3, -0.25) is 4.90 Å². The third-order valence-electron chi connectivity index (χ3n) is 4.15. The van der Waals surface area contributed by atoms with Gasteiger partial charge in [-0.05, 0) is 37.6 Å². The minimum Gasteiger partial charge on any atom is -0.395 e. The summed E-state index contributed by atoms with van der Waals surface area (Å²) in [6, 6.07) is 0.626. The minimum atomic E-state index is 0.291. The summed E-state index contributed by atoms with van der Waals surface area (Å²) in [5, 5.41) is 12.9. The Hall–Kier alpha value is -0.120. The van der Waals surface area contributed by atoms with E-state index in [1.807, 2.05) is 0 Å². The Labute approximate surface area is 119 Å². The van der Waals surface area contributed by atoms with E-state index in [2.05, 4.69) is 31.0 Å². The number of hydrogen-bond acceptors (Lipinski definition) is 3. The van der Waals surface area contributed by atoms with E-state index in [1.54, 1.807) is 0 Å². The van der Waals surface area contributed by atoms with Gasteiger partial charge in [-0.15, -0.1) is 0 Å². The summed E-state index contributed by atoms with van der Waals surface area (Å²) < 4.78 is 0. The number of hydrogen-bond donors (Lipinski definition) is 2. The van der Waals surface area contributed by atoms with Gasteiger partial charge in [0.15, 0.2) is 0 Å². The van der Waals surface area contributed by atoms with Crippen molar-refractivity contribution in [3.05, 3.63) is 0 Å². The molecule has 0 aliphatic carbocycles. The molecule has 1 aliphatic heterocycles. The molecule has 0 amide bonds. The number of β-amino-alcohol motifs (C(OH)–C–C–N with tert-alkyl or cyclic N) is 1. The number of rotatable bonds is 9. The molecule has 2 unspecified atom stereocenters. The SMILES string of the molecule is CCCCC1CC(NCCC(C)C)CN(CCO)C1. The number of piperidine rings is 1. The lowest BCUT2D eigenvalue weighted by atomic mass is 9.89. The first-order valence-electron chi connectivity index (χ1n) is 8.22. The van der Waals surface area contributed by atoms with E-state index in [9.17, 15) is 0 Å². The van der Waals surface area contributed by atoms with Crippen LogP contribution in [0.3, 0.4) is 0 Å². The highest BCUT2D eigenvalue weighted by atomic mass is 16.3. The van der Waals surface area contributed by atoms with Crippen LogP contribution in [0.5, 0.6) is 0 Å². The van der Waals surface area contributed by atoms with E-state index in [1.165, 1.54) is 38.6 Å². The normalized spacial score (nSPS) is 25.1. The summed E-state index contributed by atoms with van der Waals surface area (Å²) in [5.74, 6) is 1.59. The number of nitrogens with one attached hydrogen (secondary N) is 1. The van der Waals surface area contributed by atoms with Gasteiger partial charge in [-0.25, -0.2) is 0 Å². The third-order valence-corrected chi connectivity index (χ3v) is 4.15. The van der Waals surface area contributed by atoms with Crippen LogP contribution < -0.4 is 5.32 Å². The van der Waals surface area contributed by atoms with Crippen molar-refractivity contribution in [3.63, 3.8) is 0 Å². The molecule has 0 spiro atoms. The van der Waals surface area contributed by atoms with Gasteiger partial charge in [0.05, 0.1) is 6.61 Å². The van der Waals surface area contributed by atoms with E-state index >= 15 is 0 Å². The van der Waals surface area contributed by atoms with Gasteiger partial charge in [0.2, 0.25) is 0 Å². The van der Waals surface area contributed by atoms with Crippen molar-refractivity contribution in [3.8, 4) is 0 Å². The summed E-state index contributed by atoms with van der Waals surface area (Å²) in [7, 11) is 0. The average Bonchev–Trinajstić information content (AvgIpc) is 2.36. The average molecular weight is 270 g/mol. The van der Waals surface area contributed by atoms with Crippen molar-refractivity contribution in [2.24, 2.45) is 11.8 Å². The van der Waals surface area contributed by atoms with Gasteiger partial charge in [-0.1, -0.05) is 33.6 Å². The zero-order valence-electron chi connectivity index (χ0n) is 13.2. The molecule has 0 bridgehead atoms. The molecule has 114 valence electrons. The molecule has 19 heavy (non-hydrogen) atoms. The maximum Gasteiger partial charge on any atom is 0.0558 e. The van der Waals surface area contributed by atoms with E-state index in [-0.39, 0.29) is 0 Å². The fourth-order valence-electron chi connectivity index (χ4n) is 3.05. The second-order valence-electron chi connectivity index (χ2n) is 6.56. The van der Waals surface area contributed by atoms with Crippen LogP contribution in [0, 0.1) is 11.8 Å². The molecule has 1 rings (SSSR count). The molecule has 1 fully saturated rings. The van der Waals surface area contributed by atoms with Gasteiger partial charge in [0, 0.05) is 25.7 Å². The third kappa shape index (κ3) is 7.28. The highest BCUT2D eigenvalue weighted by Gasteiger charge is 2.26. The molecule has 3 heteroatoms. The van der Waals surface area contributed by atoms with E-state index in [4.69, 9.17) is 5.11 Å². The van der Waals surface area contributed by atoms with Crippen LogP contribution in [0.4, 0.5) is 0 Å². The Balaban J connectivity index is 2.35. The van der Waals surface area contributed by atoms with Gasteiger partial charge in [0.1, 0.15) is 0 Å². The molecular weight excluding hydrogens is 236 g/mol. The first-order valence-corrected chi connectivity index (χ1v) is 8.22. The van der Waals surface area contributed by atoms with Crippen LogP contribution >= 0.6 is 0 Å². The van der Waals surface area contributed by atoms with Crippen LogP contribution in [0.15, 0.2) is 0 Å². The summed E-state index contributed by atoms with van der Waals surface area (Å²) in [6.07, 6.45) is 6.56. The van der Waals surface area contributed by atoms with Gasteiger partial charge < -0.3 is 10.4 Å². The highest BCUT2D eigenvalue weighted by Crippen LogP contribution is 2.22. The molecule has 2 atom stereocenters.